The molecule has 6 unspecified atom stereocenters. The number of quaternary nitrogens is 1. The normalized spacial score (nSPS) is 30.1. The Hall–Kier alpha value is -2.80. The average molecular weight is 462 g/mol. The molecule has 3 aliphatic rings. The first-order chi connectivity index (χ1) is 15.7. The lowest BCUT2D eigenvalue weighted by Gasteiger charge is -2.32. The fourth-order valence-corrected chi connectivity index (χ4v) is 4.65. The summed E-state index contributed by atoms with van der Waals surface area (Å²) in [7, 11) is 1.21. The van der Waals surface area contributed by atoms with Crippen molar-refractivity contribution in [3.63, 3.8) is 0 Å². The average Bonchev–Trinajstić information content (AvgIpc) is 3.35. The highest BCUT2D eigenvalue weighted by Crippen LogP contribution is 2.42. The molecule has 3 aliphatic heterocycles. The molecule has 1 aromatic carbocycles. The number of hydrogen-bond acceptors (Lipinski definition) is 10. The Labute approximate surface area is 189 Å². The van der Waals surface area contributed by atoms with Crippen molar-refractivity contribution < 1.29 is 44.1 Å². The molecule has 0 bridgehead atoms. The third kappa shape index (κ3) is 4.14. The van der Waals surface area contributed by atoms with Crippen molar-refractivity contribution in [1.82, 2.24) is 5.32 Å². The van der Waals surface area contributed by atoms with Crippen LogP contribution in [-0.2, 0) is 28.5 Å². The number of fused-ring (bicyclic) bond motifs is 1. The van der Waals surface area contributed by atoms with Crippen LogP contribution in [0.2, 0.25) is 0 Å². The number of benzene rings is 1. The largest absolute Gasteiger partial charge is 0.595 e. The summed E-state index contributed by atoms with van der Waals surface area (Å²) in [6.45, 7) is 3.43. The number of dihydropyridines is 1. The van der Waals surface area contributed by atoms with Crippen molar-refractivity contribution in [2.75, 3.05) is 20.3 Å². The molecule has 11 nitrogen and oxygen atoms in total. The van der Waals surface area contributed by atoms with E-state index in [1.54, 1.807) is 32.0 Å². The Balaban J connectivity index is 1.74. The molecular weight excluding hydrogens is 436 g/mol. The van der Waals surface area contributed by atoms with Gasteiger partial charge in [0.05, 0.1) is 37.4 Å². The highest BCUT2D eigenvalue weighted by molar-refractivity contribution is 6.00. The van der Waals surface area contributed by atoms with E-state index in [0.29, 0.717) is 11.4 Å². The second-order valence-corrected chi connectivity index (χ2v) is 8.13. The minimum atomic E-state index is -1.20. The number of rotatable bonds is 5. The quantitative estimate of drug-likeness (QED) is 0.335. The van der Waals surface area contributed by atoms with Gasteiger partial charge < -0.3 is 34.6 Å². The second-order valence-electron chi connectivity index (χ2n) is 8.13. The lowest BCUT2D eigenvalue weighted by Crippen LogP contribution is -2.99. The van der Waals surface area contributed by atoms with E-state index >= 15 is 0 Å². The van der Waals surface area contributed by atoms with Crippen LogP contribution in [0, 0.1) is 5.21 Å². The van der Waals surface area contributed by atoms with Crippen LogP contribution in [0.5, 0.6) is 0 Å². The number of carbonyl (C=O) groups is 2. The molecule has 4 rings (SSSR count). The number of methoxy groups -OCH3 is 1. The molecule has 0 aliphatic carbocycles. The standard InChI is InChI=1S/C22H26N2O9/c1-10-16(21(26)30-3)18(12-6-4-5-7-13(12)24(28)29)17(11(2)23-10)22(27)33-15-9-32-19-14(25)8-31-20(15)19/h4-7,14-15,18-20,23-25,28H,8-9H2,1-3H3. The van der Waals surface area contributed by atoms with E-state index in [1.807, 2.05) is 0 Å². The lowest BCUT2D eigenvalue weighted by atomic mass is 9.79. The van der Waals surface area contributed by atoms with Crippen LogP contribution in [0.4, 0.5) is 5.69 Å². The van der Waals surface area contributed by atoms with Crippen molar-refractivity contribution in [2.45, 2.75) is 44.2 Å². The van der Waals surface area contributed by atoms with Crippen molar-refractivity contribution in [1.29, 1.82) is 0 Å². The smallest absolute Gasteiger partial charge is 0.337 e. The topological polar surface area (TPSA) is 151 Å². The van der Waals surface area contributed by atoms with Gasteiger partial charge in [-0.15, -0.1) is 0 Å². The van der Waals surface area contributed by atoms with E-state index in [9.17, 15) is 25.1 Å². The molecule has 0 spiro atoms. The van der Waals surface area contributed by atoms with Gasteiger partial charge in [-0.3, -0.25) is 0 Å². The fourth-order valence-electron chi connectivity index (χ4n) is 4.65. The maximum Gasteiger partial charge on any atom is 0.337 e. The van der Waals surface area contributed by atoms with Crippen LogP contribution in [-0.4, -0.2) is 67.0 Å². The molecule has 4 N–H and O–H groups in total. The highest BCUT2D eigenvalue weighted by Gasteiger charge is 2.50. The summed E-state index contributed by atoms with van der Waals surface area (Å²) >= 11 is 0. The summed E-state index contributed by atoms with van der Waals surface area (Å²) in [4.78, 5) is 26.2. The van der Waals surface area contributed by atoms with Crippen molar-refractivity contribution in [3.8, 4) is 0 Å². The van der Waals surface area contributed by atoms with Crippen LogP contribution in [0.15, 0.2) is 46.8 Å². The molecule has 1 aromatic rings. The molecule has 6 atom stereocenters. The van der Waals surface area contributed by atoms with Gasteiger partial charge in [0.15, 0.2) is 11.8 Å². The van der Waals surface area contributed by atoms with Crippen LogP contribution >= 0.6 is 0 Å². The molecular formula is C22H26N2O9. The van der Waals surface area contributed by atoms with E-state index < -0.39 is 47.5 Å². The second kappa shape index (κ2) is 9.21. The first-order valence-corrected chi connectivity index (χ1v) is 10.5. The Bertz CT molecular complexity index is 1020. The number of allylic oxidation sites excluding steroid dienone is 2. The predicted molar refractivity (Wildman–Crippen MR) is 111 cm³/mol. The fraction of sp³-hybridized carbons (Fsp3) is 0.455. The monoisotopic (exact) mass is 462 g/mol. The van der Waals surface area contributed by atoms with Crippen molar-refractivity contribution in [2.24, 2.45) is 0 Å². The Morgan fingerprint density at radius 3 is 2.39 bits per heavy atom. The Morgan fingerprint density at radius 1 is 1.09 bits per heavy atom. The maximum atomic E-state index is 13.4. The maximum absolute atomic E-state index is 13.4. The molecule has 3 heterocycles. The van der Waals surface area contributed by atoms with Gasteiger partial charge in [-0.2, -0.15) is 5.23 Å². The summed E-state index contributed by atoms with van der Waals surface area (Å²) in [5.41, 5.74) is 1.24. The molecule has 11 heteroatoms. The number of esters is 2. The number of hydrogen-bond donors (Lipinski definition) is 4. The van der Waals surface area contributed by atoms with Gasteiger partial charge in [0.2, 0.25) is 0 Å². The van der Waals surface area contributed by atoms with E-state index in [1.165, 1.54) is 13.2 Å². The zero-order valence-corrected chi connectivity index (χ0v) is 18.4. The molecule has 0 saturated carbocycles. The van der Waals surface area contributed by atoms with Gasteiger partial charge in [-0.25, -0.2) is 14.8 Å². The molecule has 0 radical (unpaired) electrons. The van der Waals surface area contributed by atoms with Gasteiger partial charge in [-0.1, -0.05) is 18.2 Å². The summed E-state index contributed by atoms with van der Waals surface area (Å²) in [6.07, 6.45) is -2.76. The summed E-state index contributed by atoms with van der Waals surface area (Å²) in [5, 5.41) is 33.5. The number of para-hydroxylation sites is 1. The molecule has 0 amide bonds. The van der Waals surface area contributed by atoms with Gasteiger partial charge in [0, 0.05) is 23.0 Å². The highest BCUT2D eigenvalue weighted by atomic mass is 16.8. The van der Waals surface area contributed by atoms with Gasteiger partial charge in [0.25, 0.3) is 0 Å². The predicted octanol–water partition coefficient (Wildman–Crippen LogP) is -0.432. The lowest BCUT2D eigenvalue weighted by molar-refractivity contribution is -0.991. The minimum absolute atomic E-state index is 0.0486. The van der Waals surface area contributed by atoms with Crippen molar-refractivity contribution in [3.05, 3.63) is 57.6 Å². The van der Waals surface area contributed by atoms with Crippen LogP contribution in [0.3, 0.4) is 0 Å². The Kier molecular flexibility index (Phi) is 6.52. The SMILES string of the molecule is COC(=O)C1=C(C)NC(C)=C(C(=O)OC2COC3C(O)COC23)C1c1ccccc1[NH+]([O-])O. The summed E-state index contributed by atoms with van der Waals surface area (Å²) in [5.74, 6) is -2.49. The van der Waals surface area contributed by atoms with Gasteiger partial charge in [-0.05, 0) is 13.8 Å². The third-order valence-electron chi connectivity index (χ3n) is 6.13. The minimum Gasteiger partial charge on any atom is -0.595 e. The molecule has 33 heavy (non-hydrogen) atoms. The number of ether oxygens (including phenoxy) is 4. The summed E-state index contributed by atoms with van der Waals surface area (Å²) < 4.78 is 21.7. The van der Waals surface area contributed by atoms with E-state index in [0.717, 1.165) is 0 Å². The van der Waals surface area contributed by atoms with Crippen LogP contribution in [0.25, 0.3) is 0 Å². The van der Waals surface area contributed by atoms with E-state index in [4.69, 9.17) is 18.9 Å². The Morgan fingerprint density at radius 2 is 1.73 bits per heavy atom. The van der Waals surface area contributed by atoms with Crippen LogP contribution in [0.1, 0.15) is 25.3 Å². The molecule has 0 aromatic heterocycles. The van der Waals surface area contributed by atoms with E-state index in [-0.39, 0.29) is 35.6 Å². The van der Waals surface area contributed by atoms with E-state index in [2.05, 4.69) is 5.32 Å². The number of nitrogens with one attached hydrogen (secondary N) is 2. The molecule has 2 fully saturated rings. The zero-order chi connectivity index (χ0) is 23.9. The third-order valence-corrected chi connectivity index (χ3v) is 6.13. The van der Waals surface area contributed by atoms with Crippen LogP contribution < -0.4 is 10.5 Å². The first-order valence-electron chi connectivity index (χ1n) is 10.5. The van der Waals surface area contributed by atoms with Gasteiger partial charge >= 0.3 is 11.9 Å². The van der Waals surface area contributed by atoms with Crippen molar-refractivity contribution >= 4 is 17.6 Å². The molecule has 178 valence electrons. The van der Waals surface area contributed by atoms with Gasteiger partial charge in [0.1, 0.15) is 18.3 Å². The molecule has 2 saturated heterocycles. The zero-order valence-electron chi connectivity index (χ0n) is 18.4. The number of carbonyl (C=O) groups excluding carboxylic acids is 2. The first kappa shape index (κ1) is 23.4. The summed E-state index contributed by atoms with van der Waals surface area (Å²) in [6, 6.07) is 6.16. The number of aliphatic hydroxyl groups excluding tert-OH is 1. The number of aliphatic hydroxyl groups is 1.